The maximum Gasteiger partial charge on any atom is 0.0475 e. The average molecular weight is 242 g/mol. The van der Waals surface area contributed by atoms with Crippen molar-refractivity contribution >= 4 is 23.4 Å². The van der Waals surface area contributed by atoms with Gasteiger partial charge in [-0.25, -0.2) is 0 Å². The fraction of sp³-hybridized carbons (Fsp3) is 0.500. The van der Waals surface area contributed by atoms with Gasteiger partial charge in [-0.3, -0.25) is 0 Å². The lowest BCUT2D eigenvalue weighted by atomic mass is 10.4. The summed E-state index contributed by atoms with van der Waals surface area (Å²) in [4.78, 5) is 3.81. The van der Waals surface area contributed by atoms with Crippen LogP contribution in [0.15, 0.2) is 35.2 Å². The second-order valence-corrected chi connectivity index (χ2v) is 5.63. The molecule has 1 unspecified atom stereocenters. The Morgan fingerprint density at radius 1 is 1.33 bits per heavy atom. The Kier molecular flexibility index (Phi) is 4.36. The first-order valence-corrected chi connectivity index (χ1v) is 6.81. The molecule has 0 radical (unpaired) electrons. The van der Waals surface area contributed by atoms with Crippen LogP contribution in [-0.2, 0) is 0 Å². The highest BCUT2D eigenvalue weighted by Gasteiger charge is 2.19. The highest BCUT2D eigenvalue weighted by molar-refractivity contribution is 7.99. The largest absolute Gasteiger partial charge is 0.301 e. The van der Waals surface area contributed by atoms with Gasteiger partial charge in [0.05, 0.1) is 0 Å². The number of nitrogens with zero attached hydrogens (tertiary/aromatic N) is 1. The Morgan fingerprint density at radius 2 is 2.13 bits per heavy atom. The molecule has 0 bridgehead atoms. The van der Waals surface area contributed by atoms with E-state index in [1.54, 1.807) is 0 Å². The molecule has 0 saturated carbocycles. The molecule has 1 aliphatic rings. The van der Waals surface area contributed by atoms with Crippen molar-refractivity contribution < 1.29 is 0 Å². The van der Waals surface area contributed by atoms with Crippen molar-refractivity contribution in [2.45, 2.75) is 16.7 Å². The molecule has 1 saturated heterocycles. The lowest BCUT2D eigenvalue weighted by Gasteiger charge is -2.13. The molecule has 1 aromatic carbocycles. The first-order chi connectivity index (χ1) is 7.34. The number of likely N-dealkylation sites (tertiary alicyclic amines) is 1. The van der Waals surface area contributed by atoms with Crippen LogP contribution in [0.5, 0.6) is 0 Å². The quantitative estimate of drug-likeness (QED) is 0.589. The van der Waals surface area contributed by atoms with Crippen molar-refractivity contribution in [2.24, 2.45) is 0 Å². The molecule has 0 amide bonds. The van der Waals surface area contributed by atoms with Crippen LogP contribution in [0.25, 0.3) is 0 Å². The van der Waals surface area contributed by atoms with Gasteiger partial charge in [0.2, 0.25) is 0 Å². The summed E-state index contributed by atoms with van der Waals surface area (Å²) >= 11 is 7.98. The number of alkyl halides is 1. The number of thioether (sulfide) groups is 1. The van der Waals surface area contributed by atoms with E-state index in [0.29, 0.717) is 5.38 Å². The number of halogens is 1. The van der Waals surface area contributed by atoms with Crippen LogP contribution in [0.3, 0.4) is 0 Å². The maximum absolute atomic E-state index is 6.05. The lowest BCUT2D eigenvalue weighted by Crippen LogP contribution is -2.23. The Morgan fingerprint density at radius 3 is 2.80 bits per heavy atom. The first kappa shape index (κ1) is 11.3. The standard InChI is InChI=1S/C12H16ClNS/c13-11-6-7-14(10-11)8-9-15-12-4-2-1-3-5-12/h1-5,11H,6-10H2. The zero-order valence-electron chi connectivity index (χ0n) is 8.73. The minimum atomic E-state index is 0.381. The van der Waals surface area contributed by atoms with Gasteiger partial charge in [-0.1, -0.05) is 18.2 Å². The number of benzene rings is 1. The zero-order valence-corrected chi connectivity index (χ0v) is 10.3. The highest BCUT2D eigenvalue weighted by Crippen LogP contribution is 2.19. The molecule has 1 fully saturated rings. The normalized spacial score (nSPS) is 22.1. The zero-order chi connectivity index (χ0) is 10.5. The molecule has 0 N–H and O–H groups in total. The van der Waals surface area contributed by atoms with E-state index in [4.69, 9.17) is 11.6 Å². The first-order valence-electron chi connectivity index (χ1n) is 5.39. The predicted octanol–water partition coefficient (Wildman–Crippen LogP) is 3.09. The summed E-state index contributed by atoms with van der Waals surface area (Å²) in [6.07, 6.45) is 1.15. The van der Waals surface area contributed by atoms with Gasteiger partial charge in [0.25, 0.3) is 0 Å². The fourth-order valence-electron chi connectivity index (χ4n) is 1.80. The molecule has 0 aromatic heterocycles. The third kappa shape index (κ3) is 3.71. The Labute approximate surface area is 101 Å². The van der Waals surface area contributed by atoms with Gasteiger partial charge in [0.15, 0.2) is 0 Å². The minimum Gasteiger partial charge on any atom is -0.301 e. The molecule has 82 valence electrons. The fourth-order valence-corrected chi connectivity index (χ4v) is 3.03. The lowest BCUT2D eigenvalue weighted by molar-refractivity contribution is 0.362. The van der Waals surface area contributed by atoms with Gasteiger partial charge in [0.1, 0.15) is 0 Å². The van der Waals surface area contributed by atoms with Gasteiger partial charge in [-0.15, -0.1) is 23.4 Å². The molecule has 1 aromatic rings. The van der Waals surface area contributed by atoms with E-state index < -0.39 is 0 Å². The third-order valence-corrected chi connectivity index (χ3v) is 3.98. The summed E-state index contributed by atoms with van der Waals surface area (Å²) in [5.74, 6) is 1.16. The van der Waals surface area contributed by atoms with Gasteiger partial charge in [0, 0.05) is 29.1 Å². The Bertz CT molecular complexity index is 291. The summed E-state index contributed by atoms with van der Waals surface area (Å²) in [6.45, 7) is 3.39. The molecule has 1 aliphatic heterocycles. The molecular formula is C12H16ClNS. The van der Waals surface area contributed by atoms with Gasteiger partial charge >= 0.3 is 0 Å². The molecule has 1 nitrogen and oxygen atoms in total. The number of hydrogen-bond acceptors (Lipinski definition) is 2. The molecule has 3 heteroatoms. The smallest absolute Gasteiger partial charge is 0.0475 e. The molecule has 0 aliphatic carbocycles. The second-order valence-electron chi connectivity index (χ2n) is 3.85. The van der Waals surface area contributed by atoms with Crippen LogP contribution in [0.1, 0.15) is 6.42 Å². The van der Waals surface area contributed by atoms with E-state index in [0.717, 1.165) is 25.3 Å². The van der Waals surface area contributed by atoms with Crippen molar-refractivity contribution in [1.29, 1.82) is 0 Å². The Hall–Kier alpha value is -0.180. The number of rotatable bonds is 4. The molecule has 1 heterocycles. The average Bonchev–Trinajstić information content (AvgIpc) is 2.66. The van der Waals surface area contributed by atoms with Crippen molar-refractivity contribution in [3.05, 3.63) is 30.3 Å². The van der Waals surface area contributed by atoms with Gasteiger partial charge in [-0.2, -0.15) is 0 Å². The maximum atomic E-state index is 6.05. The summed E-state index contributed by atoms with van der Waals surface area (Å²) in [6, 6.07) is 10.6. The predicted molar refractivity (Wildman–Crippen MR) is 67.9 cm³/mol. The second kappa shape index (κ2) is 5.78. The molecule has 0 spiro atoms. The van der Waals surface area contributed by atoms with Gasteiger partial charge < -0.3 is 4.90 Å². The number of hydrogen-bond donors (Lipinski definition) is 0. The Balaban J connectivity index is 1.67. The van der Waals surface area contributed by atoms with Crippen molar-refractivity contribution in [3.63, 3.8) is 0 Å². The van der Waals surface area contributed by atoms with Crippen LogP contribution in [0.4, 0.5) is 0 Å². The van der Waals surface area contributed by atoms with E-state index in [-0.39, 0.29) is 0 Å². The van der Waals surface area contributed by atoms with E-state index in [9.17, 15) is 0 Å². The van der Waals surface area contributed by atoms with Crippen molar-refractivity contribution in [2.75, 3.05) is 25.4 Å². The molecular weight excluding hydrogens is 226 g/mol. The molecule has 15 heavy (non-hydrogen) atoms. The molecule has 2 rings (SSSR count). The third-order valence-electron chi connectivity index (χ3n) is 2.63. The van der Waals surface area contributed by atoms with Crippen molar-refractivity contribution in [1.82, 2.24) is 4.90 Å². The molecule has 1 atom stereocenters. The summed E-state index contributed by atoms with van der Waals surface area (Å²) in [5.41, 5.74) is 0. The van der Waals surface area contributed by atoms with E-state index in [1.807, 2.05) is 11.8 Å². The van der Waals surface area contributed by atoms with Crippen LogP contribution < -0.4 is 0 Å². The highest BCUT2D eigenvalue weighted by atomic mass is 35.5. The summed E-state index contributed by atoms with van der Waals surface area (Å²) < 4.78 is 0. The minimum absolute atomic E-state index is 0.381. The van der Waals surface area contributed by atoms with Crippen LogP contribution in [-0.4, -0.2) is 35.7 Å². The van der Waals surface area contributed by atoms with Crippen LogP contribution >= 0.6 is 23.4 Å². The summed E-state index contributed by atoms with van der Waals surface area (Å²) in [5, 5.41) is 0.381. The van der Waals surface area contributed by atoms with Crippen molar-refractivity contribution in [3.8, 4) is 0 Å². The van der Waals surface area contributed by atoms with E-state index >= 15 is 0 Å². The van der Waals surface area contributed by atoms with E-state index in [2.05, 4.69) is 35.2 Å². The summed E-state index contributed by atoms with van der Waals surface area (Å²) in [7, 11) is 0. The van der Waals surface area contributed by atoms with E-state index in [1.165, 1.54) is 11.4 Å². The van der Waals surface area contributed by atoms with Crippen LogP contribution in [0, 0.1) is 0 Å². The monoisotopic (exact) mass is 241 g/mol. The van der Waals surface area contributed by atoms with Crippen LogP contribution in [0.2, 0.25) is 0 Å². The van der Waals surface area contributed by atoms with Gasteiger partial charge in [-0.05, 0) is 25.1 Å². The SMILES string of the molecule is ClC1CCN(CCSc2ccccc2)C1. The topological polar surface area (TPSA) is 3.24 Å².